The Morgan fingerprint density at radius 2 is 2.00 bits per heavy atom. The smallest absolute Gasteiger partial charge is 0.244 e. The summed E-state index contributed by atoms with van der Waals surface area (Å²) in [5, 5.41) is 17.3. The van der Waals surface area contributed by atoms with Gasteiger partial charge in [0.2, 0.25) is 11.8 Å². The standard InChI is InChI=1S/C23H22N4O4/c1-4-30-15-7-5-6-13(10-15)21-20-19(16-11-14(28-2)8-9-18(16)29-3)17(12-24)22(25)31-23(20)27-26-21/h5-11,19H,4,25H2,1-3H3,(H,26,27). The van der Waals surface area contributed by atoms with Crippen LogP contribution in [0.5, 0.6) is 23.1 Å². The van der Waals surface area contributed by atoms with Crippen LogP contribution in [0, 0.1) is 11.3 Å². The molecule has 0 bridgehead atoms. The molecule has 31 heavy (non-hydrogen) atoms. The van der Waals surface area contributed by atoms with Crippen molar-refractivity contribution < 1.29 is 18.9 Å². The Morgan fingerprint density at radius 3 is 2.71 bits per heavy atom. The lowest BCUT2D eigenvalue weighted by Crippen LogP contribution is -2.21. The highest BCUT2D eigenvalue weighted by Gasteiger charge is 2.37. The molecule has 0 fully saturated rings. The van der Waals surface area contributed by atoms with Crippen LogP contribution < -0.4 is 24.7 Å². The van der Waals surface area contributed by atoms with Gasteiger partial charge in [0.15, 0.2) is 0 Å². The van der Waals surface area contributed by atoms with Crippen molar-refractivity contribution in [2.75, 3.05) is 20.8 Å². The first-order valence-corrected chi connectivity index (χ1v) is 9.72. The van der Waals surface area contributed by atoms with E-state index < -0.39 is 5.92 Å². The first kappa shape index (κ1) is 20.2. The van der Waals surface area contributed by atoms with Crippen molar-refractivity contribution >= 4 is 0 Å². The van der Waals surface area contributed by atoms with Gasteiger partial charge >= 0.3 is 0 Å². The summed E-state index contributed by atoms with van der Waals surface area (Å²) < 4.78 is 22.3. The molecule has 0 amide bonds. The highest BCUT2D eigenvalue weighted by Crippen LogP contribution is 2.48. The summed E-state index contributed by atoms with van der Waals surface area (Å²) in [6.45, 7) is 2.48. The van der Waals surface area contributed by atoms with Crippen LogP contribution in [0.4, 0.5) is 0 Å². The molecular formula is C23H22N4O4. The fourth-order valence-electron chi connectivity index (χ4n) is 3.75. The summed E-state index contributed by atoms with van der Waals surface area (Å²) >= 11 is 0. The van der Waals surface area contributed by atoms with Crippen LogP contribution in [0.2, 0.25) is 0 Å². The SMILES string of the molecule is CCOc1cccc(-c2[nH]nc3c2C(c2cc(OC)ccc2OC)C(C#N)=C(N)O3)c1. The molecule has 3 aromatic rings. The lowest BCUT2D eigenvalue weighted by Gasteiger charge is -2.25. The van der Waals surface area contributed by atoms with Crippen LogP contribution in [0.1, 0.15) is 24.0 Å². The second-order valence-electron chi connectivity index (χ2n) is 6.81. The molecular weight excluding hydrogens is 396 g/mol. The Kier molecular flexibility index (Phi) is 5.41. The molecule has 4 rings (SSSR count). The number of hydrogen-bond donors (Lipinski definition) is 2. The van der Waals surface area contributed by atoms with E-state index in [0.717, 1.165) is 16.9 Å². The van der Waals surface area contributed by atoms with Crippen LogP contribution in [0.15, 0.2) is 53.9 Å². The van der Waals surface area contributed by atoms with Crippen molar-refractivity contribution in [2.45, 2.75) is 12.8 Å². The predicted octanol–water partition coefficient (Wildman–Crippen LogP) is 3.71. The normalized spacial score (nSPS) is 15.0. The van der Waals surface area contributed by atoms with Crippen molar-refractivity contribution in [3.05, 3.63) is 65.0 Å². The second kappa shape index (κ2) is 8.32. The summed E-state index contributed by atoms with van der Waals surface area (Å²) in [5.41, 5.74) is 9.31. The van der Waals surface area contributed by atoms with Gasteiger partial charge in [-0.1, -0.05) is 12.1 Å². The van der Waals surface area contributed by atoms with Gasteiger partial charge < -0.3 is 24.7 Å². The Morgan fingerprint density at radius 1 is 1.16 bits per heavy atom. The lowest BCUT2D eigenvalue weighted by atomic mass is 9.82. The molecule has 3 N–H and O–H groups in total. The summed E-state index contributed by atoms with van der Waals surface area (Å²) in [6.07, 6.45) is 0. The number of rotatable bonds is 6. The van der Waals surface area contributed by atoms with Gasteiger partial charge in [-0.15, -0.1) is 5.10 Å². The Hall–Kier alpha value is -4.12. The zero-order chi connectivity index (χ0) is 22.0. The van der Waals surface area contributed by atoms with E-state index in [0.29, 0.717) is 35.2 Å². The molecule has 1 aliphatic heterocycles. The molecule has 0 saturated heterocycles. The molecule has 0 saturated carbocycles. The summed E-state index contributed by atoms with van der Waals surface area (Å²) in [4.78, 5) is 0. The fraction of sp³-hybridized carbons (Fsp3) is 0.217. The highest BCUT2D eigenvalue weighted by molar-refractivity contribution is 5.72. The number of hydrogen-bond acceptors (Lipinski definition) is 7. The molecule has 1 atom stereocenters. The number of nitriles is 1. The molecule has 0 spiro atoms. The van der Waals surface area contributed by atoms with Gasteiger partial charge in [0.25, 0.3) is 0 Å². The Bertz CT molecular complexity index is 1190. The van der Waals surface area contributed by atoms with Gasteiger partial charge in [0, 0.05) is 11.1 Å². The number of nitrogens with one attached hydrogen (secondary N) is 1. The molecule has 1 aromatic heterocycles. The van der Waals surface area contributed by atoms with Crippen LogP contribution in [0.25, 0.3) is 11.3 Å². The van der Waals surface area contributed by atoms with E-state index in [1.54, 1.807) is 26.4 Å². The predicted molar refractivity (Wildman–Crippen MR) is 114 cm³/mol. The van der Waals surface area contributed by atoms with E-state index in [2.05, 4.69) is 16.3 Å². The third-order valence-electron chi connectivity index (χ3n) is 5.12. The highest BCUT2D eigenvalue weighted by atomic mass is 16.5. The van der Waals surface area contributed by atoms with Crippen LogP contribution in [0.3, 0.4) is 0 Å². The number of nitrogens with two attached hydrogens (primary N) is 1. The minimum absolute atomic E-state index is 0.00555. The van der Waals surface area contributed by atoms with Gasteiger partial charge in [-0.2, -0.15) is 5.26 Å². The molecule has 1 aliphatic rings. The van der Waals surface area contributed by atoms with Crippen molar-refractivity contribution in [3.8, 4) is 40.5 Å². The quantitative estimate of drug-likeness (QED) is 0.627. The number of aromatic nitrogens is 2. The average molecular weight is 418 g/mol. The van der Waals surface area contributed by atoms with E-state index in [4.69, 9.17) is 24.7 Å². The van der Waals surface area contributed by atoms with E-state index in [-0.39, 0.29) is 11.5 Å². The molecule has 2 heterocycles. The summed E-state index contributed by atoms with van der Waals surface area (Å²) in [6, 6.07) is 15.2. The summed E-state index contributed by atoms with van der Waals surface area (Å²) in [5.74, 6) is 1.70. The molecule has 158 valence electrons. The maximum atomic E-state index is 9.93. The Balaban J connectivity index is 1.95. The molecule has 0 aliphatic carbocycles. The zero-order valence-corrected chi connectivity index (χ0v) is 17.4. The van der Waals surface area contributed by atoms with E-state index >= 15 is 0 Å². The van der Waals surface area contributed by atoms with E-state index in [9.17, 15) is 5.26 Å². The first-order valence-electron chi connectivity index (χ1n) is 9.72. The maximum absolute atomic E-state index is 9.93. The average Bonchev–Trinajstić information content (AvgIpc) is 3.21. The summed E-state index contributed by atoms with van der Waals surface area (Å²) in [7, 11) is 3.16. The lowest BCUT2D eigenvalue weighted by molar-refractivity contribution is 0.340. The van der Waals surface area contributed by atoms with Gasteiger partial charge in [-0.05, 0) is 37.3 Å². The molecule has 2 aromatic carbocycles. The van der Waals surface area contributed by atoms with E-state index in [1.165, 1.54) is 0 Å². The number of nitrogens with zero attached hydrogens (tertiary/aromatic N) is 2. The van der Waals surface area contributed by atoms with Crippen molar-refractivity contribution in [1.29, 1.82) is 5.26 Å². The minimum atomic E-state index is -0.566. The largest absolute Gasteiger partial charge is 0.497 e. The topological polar surface area (TPSA) is 115 Å². The molecule has 8 nitrogen and oxygen atoms in total. The number of methoxy groups -OCH3 is 2. The van der Waals surface area contributed by atoms with Crippen LogP contribution in [-0.4, -0.2) is 31.0 Å². The van der Waals surface area contributed by atoms with Gasteiger partial charge in [0.1, 0.15) is 28.9 Å². The van der Waals surface area contributed by atoms with Gasteiger partial charge in [-0.3, -0.25) is 5.10 Å². The number of aromatic amines is 1. The number of benzene rings is 2. The Labute approximate surface area is 179 Å². The van der Waals surface area contributed by atoms with E-state index in [1.807, 2.05) is 37.3 Å². The third-order valence-corrected chi connectivity index (χ3v) is 5.12. The molecule has 0 radical (unpaired) electrons. The first-order chi connectivity index (χ1) is 15.1. The van der Waals surface area contributed by atoms with Crippen molar-refractivity contribution in [1.82, 2.24) is 10.2 Å². The monoisotopic (exact) mass is 418 g/mol. The zero-order valence-electron chi connectivity index (χ0n) is 17.4. The van der Waals surface area contributed by atoms with Crippen molar-refractivity contribution in [2.24, 2.45) is 5.73 Å². The number of allylic oxidation sites excluding steroid dienone is 1. The van der Waals surface area contributed by atoms with Crippen molar-refractivity contribution in [3.63, 3.8) is 0 Å². The fourth-order valence-corrected chi connectivity index (χ4v) is 3.75. The minimum Gasteiger partial charge on any atom is -0.497 e. The maximum Gasteiger partial charge on any atom is 0.244 e. The molecule has 1 unspecified atom stereocenters. The second-order valence-corrected chi connectivity index (χ2v) is 6.81. The number of H-pyrrole nitrogens is 1. The van der Waals surface area contributed by atoms with Crippen LogP contribution >= 0.6 is 0 Å². The third kappa shape index (κ3) is 3.51. The van der Waals surface area contributed by atoms with Gasteiger partial charge in [-0.25, -0.2) is 0 Å². The van der Waals surface area contributed by atoms with Gasteiger partial charge in [0.05, 0.1) is 38.0 Å². The molecule has 8 heteroatoms. The van der Waals surface area contributed by atoms with Crippen LogP contribution in [-0.2, 0) is 0 Å². The number of fused-ring (bicyclic) bond motifs is 1. The number of ether oxygens (including phenoxy) is 4.